The number of amides is 1. The van der Waals surface area contributed by atoms with E-state index in [1.807, 2.05) is 31.9 Å². The van der Waals surface area contributed by atoms with Gasteiger partial charge in [0.2, 0.25) is 5.95 Å². The number of likely N-dealkylation sites (N-methyl/N-ethyl adjacent to an activating group) is 1. The number of carbonyl (C=O) groups excluding carboxylic acids is 1. The van der Waals surface area contributed by atoms with Crippen LogP contribution in [-0.2, 0) is 0 Å². The van der Waals surface area contributed by atoms with Crippen molar-refractivity contribution >= 4 is 33.4 Å². The minimum Gasteiger partial charge on any atom is -0.348 e. The van der Waals surface area contributed by atoms with Crippen molar-refractivity contribution in [2.24, 2.45) is 0 Å². The molecule has 1 saturated heterocycles. The molecule has 152 valence electrons. The van der Waals surface area contributed by atoms with Crippen molar-refractivity contribution in [3.05, 3.63) is 46.5 Å². The number of fused-ring (bicyclic) bond motifs is 1. The highest BCUT2D eigenvalue weighted by Gasteiger charge is 2.29. The molecule has 1 aliphatic rings. The van der Waals surface area contributed by atoms with Crippen molar-refractivity contribution in [2.45, 2.75) is 32.4 Å². The summed E-state index contributed by atoms with van der Waals surface area (Å²) in [5.74, 6) is -0.134. The number of thiophene rings is 1. The van der Waals surface area contributed by atoms with Gasteiger partial charge in [-0.25, -0.2) is 14.4 Å². The summed E-state index contributed by atoms with van der Waals surface area (Å²) >= 11 is 1.52. The minimum absolute atomic E-state index is 0.0832. The predicted molar refractivity (Wildman–Crippen MR) is 112 cm³/mol. The SMILES string of the molecule is CN[C@@H]1CCN(C(=O)c2nc(NC(C)c3cncc(F)c3)nc3cc(C)sc23)C1. The zero-order chi connectivity index (χ0) is 20.5. The van der Waals surface area contributed by atoms with Crippen LogP contribution in [0.4, 0.5) is 10.3 Å². The predicted octanol–water partition coefficient (Wildman–Crippen LogP) is 3.14. The van der Waals surface area contributed by atoms with E-state index in [0.717, 1.165) is 27.7 Å². The van der Waals surface area contributed by atoms with Crippen LogP contribution in [0, 0.1) is 12.7 Å². The highest BCUT2D eigenvalue weighted by molar-refractivity contribution is 7.19. The lowest BCUT2D eigenvalue weighted by atomic mass is 10.1. The van der Waals surface area contributed by atoms with Gasteiger partial charge in [0.05, 0.1) is 22.5 Å². The van der Waals surface area contributed by atoms with Gasteiger partial charge in [-0.2, -0.15) is 0 Å². The maximum Gasteiger partial charge on any atom is 0.274 e. The number of nitrogens with zero attached hydrogens (tertiary/aromatic N) is 4. The van der Waals surface area contributed by atoms with E-state index in [1.54, 1.807) is 6.20 Å². The first-order valence-electron chi connectivity index (χ1n) is 9.56. The van der Waals surface area contributed by atoms with E-state index in [1.165, 1.54) is 17.4 Å². The van der Waals surface area contributed by atoms with Crippen LogP contribution in [0.1, 0.15) is 40.3 Å². The zero-order valence-corrected chi connectivity index (χ0v) is 17.4. The smallest absolute Gasteiger partial charge is 0.274 e. The Morgan fingerprint density at radius 2 is 2.17 bits per heavy atom. The molecule has 3 aromatic rings. The van der Waals surface area contributed by atoms with E-state index >= 15 is 0 Å². The molecule has 1 amide bonds. The Balaban J connectivity index is 1.66. The quantitative estimate of drug-likeness (QED) is 0.667. The van der Waals surface area contributed by atoms with Gasteiger partial charge in [0, 0.05) is 30.2 Å². The standard InChI is InChI=1S/C20H23FN6OS/c1-11-6-16-18(29-11)17(19(28)27-5-4-15(10-27)22-3)26-20(25-16)24-12(2)13-7-14(21)9-23-8-13/h6-9,12,15,22H,4-5,10H2,1-3H3,(H,24,25,26)/t12?,15-/m1/s1. The van der Waals surface area contributed by atoms with E-state index in [-0.39, 0.29) is 11.9 Å². The Bertz CT molecular complexity index is 1050. The second-order valence-electron chi connectivity index (χ2n) is 7.30. The molecular weight excluding hydrogens is 391 g/mol. The van der Waals surface area contributed by atoms with Crippen LogP contribution in [0.3, 0.4) is 0 Å². The Hall–Kier alpha value is -2.65. The number of carbonyl (C=O) groups is 1. The van der Waals surface area contributed by atoms with Gasteiger partial charge < -0.3 is 15.5 Å². The summed E-state index contributed by atoms with van der Waals surface area (Å²) in [6.07, 6.45) is 3.69. The summed E-state index contributed by atoms with van der Waals surface area (Å²) in [5, 5.41) is 6.41. The van der Waals surface area contributed by atoms with Gasteiger partial charge in [-0.15, -0.1) is 11.3 Å². The second kappa shape index (κ2) is 8.00. The first kappa shape index (κ1) is 19.7. The second-order valence-corrected chi connectivity index (χ2v) is 8.55. The molecule has 1 aliphatic heterocycles. The molecule has 7 nitrogen and oxygen atoms in total. The van der Waals surface area contributed by atoms with Crippen LogP contribution in [0.5, 0.6) is 0 Å². The Morgan fingerprint density at radius 1 is 1.34 bits per heavy atom. The molecule has 0 aliphatic carbocycles. The number of likely N-dealkylation sites (tertiary alicyclic amines) is 1. The van der Waals surface area contributed by atoms with E-state index < -0.39 is 5.82 Å². The molecule has 9 heteroatoms. The number of rotatable bonds is 5. The molecule has 1 fully saturated rings. The van der Waals surface area contributed by atoms with Gasteiger partial charge >= 0.3 is 0 Å². The normalized spacial score (nSPS) is 17.7. The number of pyridine rings is 1. The van der Waals surface area contributed by atoms with Crippen molar-refractivity contribution < 1.29 is 9.18 Å². The fraction of sp³-hybridized carbons (Fsp3) is 0.400. The summed E-state index contributed by atoms with van der Waals surface area (Å²) in [6, 6.07) is 3.42. The fourth-order valence-corrected chi connectivity index (χ4v) is 4.46. The summed E-state index contributed by atoms with van der Waals surface area (Å²) in [7, 11) is 1.91. The Morgan fingerprint density at radius 3 is 2.90 bits per heavy atom. The molecule has 0 saturated carbocycles. The molecule has 0 bridgehead atoms. The fourth-order valence-electron chi connectivity index (χ4n) is 3.53. The van der Waals surface area contributed by atoms with Gasteiger partial charge in [0.15, 0.2) is 5.69 Å². The van der Waals surface area contributed by atoms with Crippen LogP contribution in [0.15, 0.2) is 24.5 Å². The Kier molecular flexibility index (Phi) is 5.42. The lowest BCUT2D eigenvalue weighted by Gasteiger charge is -2.18. The number of nitrogens with one attached hydrogen (secondary N) is 2. The molecule has 2 atom stereocenters. The van der Waals surface area contributed by atoms with Crippen molar-refractivity contribution in [2.75, 3.05) is 25.5 Å². The van der Waals surface area contributed by atoms with Crippen LogP contribution in [0.2, 0.25) is 0 Å². The van der Waals surface area contributed by atoms with E-state index in [0.29, 0.717) is 36.3 Å². The molecule has 29 heavy (non-hydrogen) atoms. The summed E-state index contributed by atoms with van der Waals surface area (Å²) in [5.41, 5.74) is 1.83. The molecule has 1 unspecified atom stereocenters. The van der Waals surface area contributed by atoms with Crippen LogP contribution < -0.4 is 10.6 Å². The monoisotopic (exact) mass is 414 g/mol. The molecule has 4 heterocycles. The van der Waals surface area contributed by atoms with Gasteiger partial charge in [-0.05, 0) is 45.0 Å². The maximum absolute atomic E-state index is 13.5. The average molecular weight is 415 g/mol. The van der Waals surface area contributed by atoms with Crippen LogP contribution >= 0.6 is 11.3 Å². The lowest BCUT2D eigenvalue weighted by molar-refractivity contribution is 0.0786. The van der Waals surface area contributed by atoms with E-state index in [2.05, 4.69) is 25.6 Å². The first-order valence-corrected chi connectivity index (χ1v) is 10.4. The lowest BCUT2D eigenvalue weighted by Crippen LogP contribution is -2.34. The maximum atomic E-state index is 13.5. The average Bonchev–Trinajstić information content (AvgIpc) is 3.32. The molecule has 0 spiro atoms. The number of halogens is 1. The Labute approximate surface area is 172 Å². The van der Waals surface area contributed by atoms with Gasteiger partial charge in [0.1, 0.15) is 5.82 Å². The number of hydrogen-bond donors (Lipinski definition) is 2. The zero-order valence-electron chi connectivity index (χ0n) is 16.6. The molecule has 0 aromatic carbocycles. The summed E-state index contributed by atoms with van der Waals surface area (Å²) in [4.78, 5) is 29.1. The largest absolute Gasteiger partial charge is 0.348 e. The third-order valence-electron chi connectivity index (χ3n) is 5.15. The third-order valence-corrected chi connectivity index (χ3v) is 6.20. The highest BCUT2D eigenvalue weighted by atomic mass is 32.1. The van der Waals surface area contributed by atoms with Crippen molar-refractivity contribution in [1.82, 2.24) is 25.2 Å². The first-order chi connectivity index (χ1) is 13.9. The van der Waals surface area contributed by atoms with Crippen LogP contribution in [0.25, 0.3) is 10.2 Å². The topological polar surface area (TPSA) is 83.0 Å². The number of hydrogen-bond acceptors (Lipinski definition) is 7. The summed E-state index contributed by atoms with van der Waals surface area (Å²) in [6.45, 7) is 5.23. The molecule has 0 radical (unpaired) electrons. The molecular formula is C20H23FN6OS. The van der Waals surface area contributed by atoms with Crippen molar-refractivity contribution in [3.8, 4) is 0 Å². The number of aryl methyl sites for hydroxylation is 1. The van der Waals surface area contributed by atoms with Crippen LogP contribution in [-0.4, -0.2) is 51.9 Å². The van der Waals surface area contributed by atoms with Crippen molar-refractivity contribution in [1.29, 1.82) is 0 Å². The van der Waals surface area contributed by atoms with Gasteiger partial charge in [0.25, 0.3) is 5.91 Å². The van der Waals surface area contributed by atoms with E-state index in [4.69, 9.17) is 0 Å². The number of aromatic nitrogens is 3. The van der Waals surface area contributed by atoms with Crippen molar-refractivity contribution in [3.63, 3.8) is 0 Å². The molecule has 2 N–H and O–H groups in total. The molecule has 3 aromatic heterocycles. The van der Waals surface area contributed by atoms with E-state index in [9.17, 15) is 9.18 Å². The summed E-state index contributed by atoms with van der Waals surface area (Å²) < 4.78 is 14.3. The van der Waals surface area contributed by atoms with Gasteiger partial charge in [-0.3, -0.25) is 9.78 Å². The number of anilines is 1. The molecule has 4 rings (SSSR count). The third kappa shape index (κ3) is 4.06. The van der Waals surface area contributed by atoms with Gasteiger partial charge in [-0.1, -0.05) is 0 Å². The highest BCUT2D eigenvalue weighted by Crippen LogP contribution is 2.29. The minimum atomic E-state index is -0.398.